The number of ether oxygens (including phenoxy) is 1. The van der Waals surface area contributed by atoms with Crippen LogP contribution >= 0.6 is 0 Å². The van der Waals surface area contributed by atoms with Crippen LogP contribution in [0.5, 0.6) is 0 Å². The molecule has 24 heavy (non-hydrogen) atoms. The topological polar surface area (TPSA) is 93.0 Å². The van der Waals surface area contributed by atoms with Crippen LogP contribution in [0, 0.1) is 0 Å². The highest BCUT2D eigenvalue weighted by Gasteiger charge is 2.38. The van der Waals surface area contributed by atoms with Gasteiger partial charge in [-0.1, -0.05) is 5.16 Å². The first-order chi connectivity index (χ1) is 11.8. The van der Waals surface area contributed by atoms with Gasteiger partial charge in [0.1, 0.15) is 5.82 Å². The van der Waals surface area contributed by atoms with Gasteiger partial charge in [0.2, 0.25) is 5.89 Å². The van der Waals surface area contributed by atoms with Crippen LogP contribution in [0.3, 0.4) is 0 Å². The van der Waals surface area contributed by atoms with Crippen LogP contribution in [0.4, 0.5) is 0 Å². The zero-order chi connectivity index (χ0) is 16.1. The van der Waals surface area contributed by atoms with Crippen LogP contribution in [-0.2, 0) is 11.3 Å². The molecule has 0 unspecified atom stereocenters. The quantitative estimate of drug-likeness (QED) is 0.864. The number of rotatable bonds is 6. The number of H-pyrrole nitrogens is 1. The monoisotopic (exact) mass is 330 g/mol. The van der Waals surface area contributed by atoms with Crippen molar-refractivity contribution in [3.05, 3.63) is 23.4 Å². The smallest absolute Gasteiger partial charge is 0.229 e. The van der Waals surface area contributed by atoms with Gasteiger partial charge in [-0.05, 0) is 32.1 Å². The summed E-state index contributed by atoms with van der Waals surface area (Å²) < 4.78 is 11.0. The fourth-order valence-electron chi connectivity index (χ4n) is 3.46. The van der Waals surface area contributed by atoms with E-state index in [1.165, 1.54) is 25.7 Å². The Morgan fingerprint density at radius 3 is 2.79 bits per heavy atom. The van der Waals surface area contributed by atoms with E-state index < -0.39 is 0 Å². The van der Waals surface area contributed by atoms with Crippen molar-refractivity contribution in [1.82, 2.24) is 30.2 Å². The Labute approximate surface area is 140 Å². The summed E-state index contributed by atoms with van der Waals surface area (Å²) >= 11 is 0. The van der Waals surface area contributed by atoms with E-state index >= 15 is 0 Å². The number of likely N-dealkylation sites (tertiary alicyclic amines) is 1. The minimum absolute atomic E-state index is 0.165. The molecule has 3 aliphatic rings. The Morgan fingerprint density at radius 2 is 2.04 bits per heavy atom. The standard InChI is InChI=1S/C16H22N6O2/c1-23-11-6-12(15-18-14(19-20-15)9-2-3-9)22(7-11)8-13-17-16(24-21-13)10-4-5-10/h9-12H,2-8H2,1H3,(H,18,19,20)/t11-,12+/m1/s1. The van der Waals surface area contributed by atoms with Crippen LogP contribution in [0.1, 0.15) is 73.3 Å². The van der Waals surface area contributed by atoms with Gasteiger partial charge < -0.3 is 9.26 Å². The van der Waals surface area contributed by atoms with Crippen molar-refractivity contribution in [2.24, 2.45) is 0 Å². The van der Waals surface area contributed by atoms with Crippen molar-refractivity contribution in [3.8, 4) is 0 Å². The SMILES string of the molecule is CO[C@@H]1C[C@@H](c2nc(C3CC3)n[nH]2)N(Cc2noc(C3CC3)n2)C1. The minimum atomic E-state index is 0.165. The molecule has 0 aromatic carbocycles. The molecule has 8 nitrogen and oxygen atoms in total. The van der Waals surface area contributed by atoms with E-state index in [0.29, 0.717) is 18.4 Å². The Bertz CT molecular complexity index is 720. The number of methoxy groups -OCH3 is 1. The average Bonchev–Trinajstić information content (AvgIpc) is 3.49. The average molecular weight is 330 g/mol. The maximum absolute atomic E-state index is 5.58. The lowest BCUT2D eigenvalue weighted by Gasteiger charge is -2.20. The lowest BCUT2D eigenvalue weighted by atomic mass is 10.2. The van der Waals surface area contributed by atoms with Crippen LogP contribution in [0.2, 0.25) is 0 Å². The molecule has 8 heteroatoms. The molecule has 2 aromatic rings. The molecule has 0 spiro atoms. The molecule has 2 aliphatic carbocycles. The molecule has 0 bridgehead atoms. The number of hydrogen-bond donors (Lipinski definition) is 1. The Kier molecular flexibility index (Phi) is 3.41. The van der Waals surface area contributed by atoms with Gasteiger partial charge in [0.25, 0.3) is 0 Å². The van der Waals surface area contributed by atoms with Crippen LogP contribution < -0.4 is 0 Å². The molecule has 2 aromatic heterocycles. The number of hydrogen-bond acceptors (Lipinski definition) is 7. The molecular formula is C16H22N6O2. The molecular weight excluding hydrogens is 308 g/mol. The third kappa shape index (κ3) is 2.73. The molecule has 1 N–H and O–H groups in total. The van der Waals surface area contributed by atoms with Gasteiger partial charge in [0, 0.05) is 25.5 Å². The molecule has 3 fully saturated rings. The first kappa shape index (κ1) is 14.5. The van der Waals surface area contributed by atoms with E-state index in [1.54, 1.807) is 7.11 Å². The first-order valence-corrected chi connectivity index (χ1v) is 8.81. The summed E-state index contributed by atoms with van der Waals surface area (Å²) in [5, 5.41) is 11.7. The number of aromatic amines is 1. The predicted octanol–water partition coefficient (Wildman–Crippen LogP) is 1.90. The summed E-state index contributed by atoms with van der Waals surface area (Å²) in [6.07, 6.45) is 5.85. The third-order valence-electron chi connectivity index (χ3n) is 5.23. The van der Waals surface area contributed by atoms with Gasteiger partial charge in [0.05, 0.1) is 18.7 Å². The lowest BCUT2D eigenvalue weighted by Crippen LogP contribution is -2.26. The number of nitrogens with zero attached hydrogens (tertiary/aromatic N) is 5. The Morgan fingerprint density at radius 1 is 1.21 bits per heavy atom. The highest BCUT2D eigenvalue weighted by atomic mass is 16.5. The molecule has 5 rings (SSSR count). The highest BCUT2D eigenvalue weighted by molar-refractivity contribution is 5.09. The van der Waals surface area contributed by atoms with Gasteiger partial charge in [-0.15, -0.1) is 0 Å². The van der Waals surface area contributed by atoms with Gasteiger partial charge >= 0.3 is 0 Å². The first-order valence-electron chi connectivity index (χ1n) is 8.81. The van der Waals surface area contributed by atoms with E-state index in [0.717, 1.165) is 36.3 Å². The Hall–Kier alpha value is -1.80. The maximum atomic E-state index is 5.58. The van der Waals surface area contributed by atoms with E-state index in [1.807, 2.05) is 0 Å². The summed E-state index contributed by atoms with van der Waals surface area (Å²) in [5.41, 5.74) is 0. The van der Waals surface area contributed by atoms with Crippen LogP contribution in [-0.4, -0.2) is 50.0 Å². The number of aromatic nitrogens is 5. The Balaban J connectivity index is 1.34. The second-order valence-corrected chi connectivity index (χ2v) is 7.21. The third-order valence-corrected chi connectivity index (χ3v) is 5.23. The van der Waals surface area contributed by atoms with Gasteiger partial charge in [0.15, 0.2) is 11.6 Å². The number of nitrogens with one attached hydrogen (secondary N) is 1. The normalized spacial score (nSPS) is 27.9. The van der Waals surface area contributed by atoms with E-state index in [4.69, 9.17) is 14.2 Å². The predicted molar refractivity (Wildman–Crippen MR) is 83.2 cm³/mol. The summed E-state index contributed by atoms with van der Waals surface area (Å²) in [4.78, 5) is 11.6. The minimum Gasteiger partial charge on any atom is -0.380 e. The van der Waals surface area contributed by atoms with Crippen molar-refractivity contribution in [3.63, 3.8) is 0 Å². The molecule has 0 amide bonds. The van der Waals surface area contributed by atoms with Crippen LogP contribution in [0.25, 0.3) is 0 Å². The summed E-state index contributed by atoms with van der Waals surface area (Å²) in [6.45, 7) is 1.49. The zero-order valence-corrected chi connectivity index (χ0v) is 13.8. The molecule has 1 aliphatic heterocycles. The van der Waals surface area contributed by atoms with Crippen molar-refractivity contribution in [1.29, 1.82) is 0 Å². The fourth-order valence-corrected chi connectivity index (χ4v) is 3.46. The summed E-state index contributed by atoms with van der Waals surface area (Å²) in [7, 11) is 1.76. The maximum Gasteiger partial charge on any atom is 0.229 e. The molecule has 128 valence electrons. The molecule has 3 heterocycles. The van der Waals surface area contributed by atoms with Crippen molar-refractivity contribution >= 4 is 0 Å². The molecule has 2 saturated carbocycles. The fraction of sp³-hybridized carbons (Fsp3) is 0.750. The van der Waals surface area contributed by atoms with E-state index in [2.05, 4.69) is 25.2 Å². The van der Waals surface area contributed by atoms with Crippen molar-refractivity contribution < 1.29 is 9.26 Å². The van der Waals surface area contributed by atoms with E-state index in [9.17, 15) is 0 Å². The lowest BCUT2D eigenvalue weighted by molar-refractivity contribution is 0.106. The second-order valence-electron chi connectivity index (χ2n) is 7.21. The van der Waals surface area contributed by atoms with E-state index in [-0.39, 0.29) is 12.1 Å². The van der Waals surface area contributed by atoms with Crippen molar-refractivity contribution in [2.75, 3.05) is 13.7 Å². The van der Waals surface area contributed by atoms with Crippen LogP contribution in [0.15, 0.2) is 4.52 Å². The molecule has 1 saturated heterocycles. The largest absolute Gasteiger partial charge is 0.380 e. The van der Waals surface area contributed by atoms with Gasteiger partial charge in [-0.2, -0.15) is 10.1 Å². The van der Waals surface area contributed by atoms with Crippen molar-refractivity contribution in [2.45, 2.75) is 62.6 Å². The highest BCUT2D eigenvalue weighted by Crippen LogP contribution is 2.40. The molecule has 0 radical (unpaired) electrons. The zero-order valence-electron chi connectivity index (χ0n) is 13.8. The molecule has 2 atom stereocenters. The van der Waals surface area contributed by atoms with Gasteiger partial charge in [-0.25, -0.2) is 4.98 Å². The second kappa shape index (κ2) is 5.63. The summed E-state index contributed by atoms with van der Waals surface area (Å²) in [5.74, 6) is 4.48. The summed E-state index contributed by atoms with van der Waals surface area (Å²) in [6, 6.07) is 0.165. The van der Waals surface area contributed by atoms with Gasteiger partial charge in [-0.3, -0.25) is 10.00 Å².